The van der Waals surface area contributed by atoms with Gasteiger partial charge in [0, 0.05) is 32.0 Å². The van der Waals surface area contributed by atoms with Crippen molar-refractivity contribution in [3.8, 4) is 0 Å². The Morgan fingerprint density at radius 3 is 2.90 bits per heavy atom. The number of nitrogens with zero attached hydrogens (tertiary/aromatic N) is 4. The molecule has 20 heavy (non-hydrogen) atoms. The van der Waals surface area contributed by atoms with E-state index in [9.17, 15) is 0 Å². The lowest BCUT2D eigenvalue weighted by molar-refractivity contribution is 0.0378. The van der Waals surface area contributed by atoms with E-state index in [-0.39, 0.29) is 0 Å². The lowest BCUT2D eigenvalue weighted by atomic mass is 10.3. The van der Waals surface area contributed by atoms with Crippen molar-refractivity contribution >= 4 is 17.0 Å². The maximum atomic E-state index is 5.34. The SMILES string of the molecule is c1cnc2nc(NCCCN3CCOCC3)ccc2n1. The van der Waals surface area contributed by atoms with Crippen LogP contribution in [0.5, 0.6) is 0 Å². The minimum Gasteiger partial charge on any atom is -0.379 e. The lowest BCUT2D eigenvalue weighted by Gasteiger charge is -2.26. The zero-order chi connectivity index (χ0) is 13.6. The van der Waals surface area contributed by atoms with Crippen molar-refractivity contribution in [3.63, 3.8) is 0 Å². The fourth-order valence-electron chi connectivity index (χ4n) is 2.30. The summed E-state index contributed by atoms with van der Waals surface area (Å²) in [5, 5.41) is 3.34. The molecule has 0 radical (unpaired) electrons. The van der Waals surface area contributed by atoms with Crippen LogP contribution in [0, 0.1) is 0 Å². The second-order valence-electron chi connectivity index (χ2n) is 4.83. The van der Waals surface area contributed by atoms with Gasteiger partial charge in [0.1, 0.15) is 11.3 Å². The van der Waals surface area contributed by atoms with Gasteiger partial charge in [-0.25, -0.2) is 9.97 Å². The molecule has 6 heteroatoms. The maximum absolute atomic E-state index is 5.34. The molecule has 1 N–H and O–H groups in total. The highest BCUT2D eigenvalue weighted by molar-refractivity contribution is 5.71. The predicted molar refractivity (Wildman–Crippen MR) is 77.7 cm³/mol. The van der Waals surface area contributed by atoms with Crippen molar-refractivity contribution in [2.75, 3.05) is 44.7 Å². The van der Waals surface area contributed by atoms with Crippen LogP contribution in [0.3, 0.4) is 0 Å². The molecule has 1 aliphatic heterocycles. The number of nitrogens with one attached hydrogen (secondary N) is 1. The molecule has 3 heterocycles. The van der Waals surface area contributed by atoms with Crippen LogP contribution in [0.25, 0.3) is 11.2 Å². The Kier molecular flexibility index (Phi) is 4.35. The zero-order valence-corrected chi connectivity index (χ0v) is 11.5. The van der Waals surface area contributed by atoms with E-state index < -0.39 is 0 Å². The van der Waals surface area contributed by atoms with Crippen LogP contribution in [0.15, 0.2) is 24.5 Å². The Balaban J connectivity index is 1.47. The fourth-order valence-corrected chi connectivity index (χ4v) is 2.30. The summed E-state index contributed by atoms with van der Waals surface area (Å²) in [7, 11) is 0. The second-order valence-corrected chi connectivity index (χ2v) is 4.83. The van der Waals surface area contributed by atoms with Crippen LogP contribution in [0.4, 0.5) is 5.82 Å². The molecule has 0 amide bonds. The Bertz CT molecular complexity index is 556. The first kappa shape index (κ1) is 13.2. The van der Waals surface area contributed by atoms with Gasteiger partial charge in [0.2, 0.25) is 0 Å². The smallest absolute Gasteiger partial charge is 0.180 e. The Hall–Kier alpha value is -1.79. The van der Waals surface area contributed by atoms with E-state index >= 15 is 0 Å². The minimum atomic E-state index is 0.686. The molecule has 0 atom stereocenters. The molecule has 106 valence electrons. The number of aromatic nitrogens is 3. The zero-order valence-electron chi connectivity index (χ0n) is 11.5. The molecule has 2 aromatic rings. The largest absolute Gasteiger partial charge is 0.379 e. The number of hydrogen-bond donors (Lipinski definition) is 1. The quantitative estimate of drug-likeness (QED) is 0.825. The molecule has 1 aliphatic rings. The van der Waals surface area contributed by atoms with E-state index in [2.05, 4.69) is 25.2 Å². The summed E-state index contributed by atoms with van der Waals surface area (Å²) in [5.74, 6) is 0.861. The number of hydrogen-bond acceptors (Lipinski definition) is 6. The van der Waals surface area contributed by atoms with Gasteiger partial charge >= 0.3 is 0 Å². The molecular formula is C14H19N5O. The molecule has 3 rings (SSSR count). The van der Waals surface area contributed by atoms with Crippen molar-refractivity contribution in [1.29, 1.82) is 0 Å². The average molecular weight is 273 g/mol. The van der Waals surface area contributed by atoms with Gasteiger partial charge in [-0.3, -0.25) is 9.88 Å². The molecule has 1 fully saturated rings. The van der Waals surface area contributed by atoms with Gasteiger partial charge in [-0.2, -0.15) is 0 Å². The summed E-state index contributed by atoms with van der Waals surface area (Å²) in [6.45, 7) is 5.82. The van der Waals surface area contributed by atoms with Gasteiger partial charge in [0.05, 0.1) is 13.2 Å². The molecule has 0 aliphatic carbocycles. The van der Waals surface area contributed by atoms with Crippen LogP contribution in [0.2, 0.25) is 0 Å². The number of fused-ring (bicyclic) bond motifs is 1. The van der Waals surface area contributed by atoms with Crippen molar-refractivity contribution in [2.45, 2.75) is 6.42 Å². The van der Waals surface area contributed by atoms with Crippen molar-refractivity contribution in [2.24, 2.45) is 0 Å². The first-order chi connectivity index (χ1) is 9.92. The monoisotopic (exact) mass is 273 g/mol. The third-order valence-corrected chi connectivity index (χ3v) is 3.39. The molecule has 0 unspecified atom stereocenters. The lowest BCUT2D eigenvalue weighted by Crippen LogP contribution is -2.37. The van der Waals surface area contributed by atoms with Gasteiger partial charge in [0.25, 0.3) is 0 Å². The van der Waals surface area contributed by atoms with Crippen molar-refractivity contribution in [3.05, 3.63) is 24.5 Å². The topological polar surface area (TPSA) is 63.2 Å². The number of anilines is 1. The van der Waals surface area contributed by atoms with Crippen LogP contribution < -0.4 is 5.32 Å². The molecule has 1 saturated heterocycles. The van der Waals surface area contributed by atoms with E-state index in [0.717, 1.165) is 57.1 Å². The summed E-state index contributed by atoms with van der Waals surface area (Å²) >= 11 is 0. The van der Waals surface area contributed by atoms with Crippen LogP contribution in [-0.4, -0.2) is 59.2 Å². The van der Waals surface area contributed by atoms with Crippen molar-refractivity contribution < 1.29 is 4.74 Å². The van der Waals surface area contributed by atoms with Crippen LogP contribution in [0.1, 0.15) is 6.42 Å². The first-order valence-corrected chi connectivity index (χ1v) is 7.03. The molecular weight excluding hydrogens is 254 g/mol. The van der Waals surface area contributed by atoms with Crippen LogP contribution >= 0.6 is 0 Å². The average Bonchev–Trinajstić information content (AvgIpc) is 2.52. The molecule has 0 aromatic carbocycles. The second kappa shape index (κ2) is 6.58. The van der Waals surface area contributed by atoms with Crippen molar-refractivity contribution in [1.82, 2.24) is 19.9 Å². The number of morpholine rings is 1. The number of pyridine rings is 1. The van der Waals surface area contributed by atoms with Gasteiger partial charge in [-0.1, -0.05) is 0 Å². The van der Waals surface area contributed by atoms with Gasteiger partial charge < -0.3 is 10.1 Å². The van der Waals surface area contributed by atoms with E-state index in [1.165, 1.54) is 0 Å². The summed E-state index contributed by atoms with van der Waals surface area (Å²) in [6.07, 6.45) is 4.44. The summed E-state index contributed by atoms with van der Waals surface area (Å²) in [5.41, 5.74) is 1.51. The molecule has 0 spiro atoms. The maximum Gasteiger partial charge on any atom is 0.180 e. The first-order valence-electron chi connectivity index (χ1n) is 7.03. The Labute approximate surface area is 118 Å². The van der Waals surface area contributed by atoms with Gasteiger partial charge in [0.15, 0.2) is 5.65 Å². The third kappa shape index (κ3) is 3.40. The Morgan fingerprint density at radius 2 is 2.00 bits per heavy atom. The molecule has 0 bridgehead atoms. The van der Waals surface area contributed by atoms with E-state index in [4.69, 9.17) is 4.74 Å². The normalized spacial score (nSPS) is 16.4. The summed E-state index contributed by atoms with van der Waals surface area (Å²) in [4.78, 5) is 15.3. The van der Waals surface area contributed by atoms with E-state index in [1.54, 1.807) is 12.4 Å². The van der Waals surface area contributed by atoms with Gasteiger partial charge in [-0.05, 0) is 25.1 Å². The molecule has 6 nitrogen and oxygen atoms in total. The predicted octanol–water partition coefficient (Wildman–Crippen LogP) is 1.16. The minimum absolute atomic E-state index is 0.686. The summed E-state index contributed by atoms with van der Waals surface area (Å²) < 4.78 is 5.34. The standard InChI is InChI=1S/C14H19N5O/c1(7-19-8-10-20-11-9-19)4-16-13-3-2-12-14(18-13)17-6-5-15-12/h2-3,5-6H,1,4,7-11H2,(H,16,17,18). The highest BCUT2D eigenvalue weighted by atomic mass is 16.5. The van der Waals surface area contributed by atoms with E-state index in [0.29, 0.717) is 5.65 Å². The molecule has 2 aromatic heterocycles. The van der Waals surface area contributed by atoms with Gasteiger partial charge in [-0.15, -0.1) is 0 Å². The summed E-state index contributed by atoms with van der Waals surface area (Å²) in [6, 6.07) is 3.89. The highest BCUT2D eigenvalue weighted by Gasteiger charge is 2.09. The highest BCUT2D eigenvalue weighted by Crippen LogP contribution is 2.10. The Morgan fingerprint density at radius 1 is 1.15 bits per heavy atom. The van der Waals surface area contributed by atoms with E-state index in [1.807, 2.05) is 12.1 Å². The number of rotatable bonds is 5. The molecule has 0 saturated carbocycles. The fraction of sp³-hybridized carbons (Fsp3) is 0.500. The third-order valence-electron chi connectivity index (χ3n) is 3.39. The van der Waals surface area contributed by atoms with Crippen LogP contribution in [-0.2, 0) is 4.74 Å². The number of ether oxygens (including phenoxy) is 1.